The monoisotopic (exact) mass is 292 g/mol. The molecule has 0 saturated carbocycles. The third-order valence-corrected chi connectivity index (χ3v) is 5.21. The average Bonchev–Trinajstić information content (AvgIpc) is 2.87. The number of hydrogen-bond donors (Lipinski definition) is 2. The molecule has 3 rings (SSSR count). The SMILES string of the molecule is N=C(N)c1ccc(OC2CCOC3(CCSC3)C2)cc1. The van der Waals surface area contributed by atoms with E-state index in [-0.39, 0.29) is 17.5 Å². The second kappa shape index (κ2) is 5.66. The number of nitrogens with one attached hydrogen (secondary N) is 1. The van der Waals surface area contributed by atoms with Crippen molar-refractivity contribution in [3.8, 4) is 5.75 Å². The summed E-state index contributed by atoms with van der Waals surface area (Å²) in [6.45, 7) is 0.788. The minimum Gasteiger partial charge on any atom is -0.490 e. The molecular formula is C15H20N2O2S. The Morgan fingerprint density at radius 1 is 1.40 bits per heavy atom. The Morgan fingerprint density at radius 3 is 2.85 bits per heavy atom. The first-order valence-corrected chi connectivity index (χ1v) is 8.15. The lowest BCUT2D eigenvalue weighted by molar-refractivity contribution is -0.0958. The molecule has 3 N–H and O–H groups in total. The van der Waals surface area contributed by atoms with Crippen molar-refractivity contribution < 1.29 is 9.47 Å². The maximum absolute atomic E-state index is 7.39. The molecule has 2 aliphatic heterocycles. The van der Waals surface area contributed by atoms with Gasteiger partial charge in [-0.2, -0.15) is 11.8 Å². The lowest BCUT2D eigenvalue weighted by Crippen LogP contribution is -2.43. The number of benzene rings is 1. The van der Waals surface area contributed by atoms with Crippen LogP contribution in [0.4, 0.5) is 0 Å². The summed E-state index contributed by atoms with van der Waals surface area (Å²) in [5, 5.41) is 7.39. The van der Waals surface area contributed by atoms with E-state index in [0.29, 0.717) is 0 Å². The highest BCUT2D eigenvalue weighted by atomic mass is 32.2. The molecular weight excluding hydrogens is 272 g/mol. The number of hydrogen-bond acceptors (Lipinski definition) is 4. The van der Waals surface area contributed by atoms with Gasteiger partial charge in [0.15, 0.2) is 0 Å². The first-order valence-electron chi connectivity index (χ1n) is 7.00. The van der Waals surface area contributed by atoms with Crippen molar-refractivity contribution in [1.82, 2.24) is 0 Å². The van der Waals surface area contributed by atoms with E-state index in [2.05, 4.69) is 0 Å². The molecule has 2 heterocycles. The molecule has 2 atom stereocenters. The predicted octanol–water partition coefficient (Wildman–Crippen LogP) is 2.40. The van der Waals surface area contributed by atoms with Crippen molar-refractivity contribution in [3.63, 3.8) is 0 Å². The molecule has 1 spiro atoms. The highest BCUT2D eigenvalue weighted by Crippen LogP contribution is 2.39. The molecule has 4 nitrogen and oxygen atoms in total. The van der Waals surface area contributed by atoms with Crippen molar-refractivity contribution in [3.05, 3.63) is 29.8 Å². The van der Waals surface area contributed by atoms with E-state index < -0.39 is 0 Å². The fourth-order valence-electron chi connectivity index (χ4n) is 2.85. The Labute approximate surface area is 123 Å². The summed E-state index contributed by atoms with van der Waals surface area (Å²) < 4.78 is 12.1. The average molecular weight is 292 g/mol. The Hall–Kier alpha value is -1.20. The van der Waals surface area contributed by atoms with Crippen molar-refractivity contribution in [1.29, 1.82) is 5.41 Å². The zero-order chi connectivity index (χ0) is 14.0. The maximum atomic E-state index is 7.39. The van der Waals surface area contributed by atoms with Crippen LogP contribution in [0.2, 0.25) is 0 Å². The minimum absolute atomic E-state index is 0.0485. The third-order valence-electron chi connectivity index (χ3n) is 3.98. The number of thioether (sulfide) groups is 1. The molecule has 0 bridgehead atoms. The van der Waals surface area contributed by atoms with E-state index in [1.54, 1.807) is 0 Å². The third kappa shape index (κ3) is 2.94. The van der Waals surface area contributed by atoms with E-state index in [1.807, 2.05) is 36.0 Å². The molecule has 1 aromatic carbocycles. The number of rotatable bonds is 3. The fraction of sp³-hybridized carbons (Fsp3) is 0.533. The van der Waals surface area contributed by atoms with E-state index in [0.717, 1.165) is 42.9 Å². The summed E-state index contributed by atoms with van der Waals surface area (Å²) >= 11 is 1.97. The highest BCUT2D eigenvalue weighted by molar-refractivity contribution is 7.99. The quantitative estimate of drug-likeness (QED) is 0.663. The number of nitrogen functional groups attached to an aromatic ring is 1. The first-order chi connectivity index (χ1) is 9.67. The van der Waals surface area contributed by atoms with E-state index in [4.69, 9.17) is 20.6 Å². The molecule has 0 aliphatic carbocycles. The zero-order valence-electron chi connectivity index (χ0n) is 11.4. The van der Waals surface area contributed by atoms with Gasteiger partial charge in [0.25, 0.3) is 0 Å². The molecule has 0 aromatic heterocycles. The summed E-state index contributed by atoms with van der Waals surface area (Å²) in [5.41, 5.74) is 6.23. The highest BCUT2D eigenvalue weighted by Gasteiger charge is 2.41. The fourth-order valence-corrected chi connectivity index (χ4v) is 4.23. The van der Waals surface area contributed by atoms with Crippen molar-refractivity contribution in [2.75, 3.05) is 18.1 Å². The van der Waals surface area contributed by atoms with Gasteiger partial charge in [0.2, 0.25) is 0 Å². The van der Waals surface area contributed by atoms with Gasteiger partial charge in [-0.15, -0.1) is 0 Å². The van der Waals surface area contributed by atoms with Gasteiger partial charge in [-0.05, 0) is 36.4 Å². The summed E-state index contributed by atoms with van der Waals surface area (Å²) in [6, 6.07) is 7.45. The van der Waals surface area contributed by atoms with Crippen molar-refractivity contribution >= 4 is 17.6 Å². The Bertz CT molecular complexity index is 483. The molecule has 2 fully saturated rings. The topological polar surface area (TPSA) is 68.3 Å². The second-order valence-electron chi connectivity index (χ2n) is 5.50. The van der Waals surface area contributed by atoms with Gasteiger partial charge in [0.05, 0.1) is 12.2 Å². The Kier molecular flexibility index (Phi) is 3.89. The molecule has 1 aromatic rings. The molecule has 5 heteroatoms. The van der Waals surface area contributed by atoms with Crippen LogP contribution in [0.15, 0.2) is 24.3 Å². The van der Waals surface area contributed by atoms with E-state index in [1.165, 1.54) is 5.75 Å². The van der Waals surface area contributed by atoms with Crippen LogP contribution in [0.5, 0.6) is 5.75 Å². The first kappa shape index (κ1) is 13.8. The van der Waals surface area contributed by atoms with Crippen LogP contribution in [0.1, 0.15) is 24.8 Å². The van der Waals surface area contributed by atoms with Gasteiger partial charge in [-0.1, -0.05) is 0 Å². The lowest BCUT2D eigenvalue weighted by atomic mass is 9.91. The molecule has 2 aliphatic rings. The standard InChI is InChI=1S/C15H20N2O2S/c16-14(17)11-1-3-12(4-2-11)19-13-5-7-18-15(9-13)6-8-20-10-15/h1-4,13H,5-10H2,(H3,16,17). The van der Waals surface area contributed by atoms with Gasteiger partial charge in [0.1, 0.15) is 17.7 Å². The van der Waals surface area contributed by atoms with Gasteiger partial charge in [0, 0.05) is 24.2 Å². The van der Waals surface area contributed by atoms with Crippen LogP contribution in [-0.4, -0.2) is 35.7 Å². The number of amidine groups is 1. The summed E-state index contributed by atoms with van der Waals surface area (Å²) in [6.07, 6.45) is 3.29. The smallest absolute Gasteiger partial charge is 0.122 e. The van der Waals surface area contributed by atoms with Crippen molar-refractivity contribution in [2.24, 2.45) is 5.73 Å². The Balaban J connectivity index is 1.63. The van der Waals surface area contributed by atoms with Crippen LogP contribution >= 0.6 is 11.8 Å². The number of ether oxygens (including phenoxy) is 2. The van der Waals surface area contributed by atoms with Crippen LogP contribution < -0.4 is 10.5 Å². The normalized spacial score (nSPS) is 29.5. The van der Waals surface area contributed by atoms with Crippen LogP contribution in [0.3, 0.4) is 0 Å². The predicted molar refractivity (Wildman–Crippen MR) is 81.7 cm³/mol. The van der Waals surface area contributed by atoms with Gasteiger partial charge < -0.3 is 15.2 Å². The molecule has 2 unspecified atom stereocenters. The molecule has 0 amide bonds. The number of nitrogens with two attached hydrogens (primary N) is 1. The largest absolute Gasteiger partial charge is 0.490 e. The van der Waals surface area contributed by atoms with Gasteiger partial charge >= 0.3 is 0 Å². The van der Waals surface area contributed by atoms with E-state index >= 15 is 0 Å². The zero-order valence-corrected chi connectivity index (χ0v) is 12.2. The van der Waals surface area contributed by atoms with Crippen molar-refractivity contribution in [2.45, 2.75) is 31.0 Å². The molecule has 2 saturated heterocycles. The maximum Gasteiger partial charge on any atom is 0.122 e. The molecule has 20 heavy (non-hydrogen) atoms. The Morgan fingerprint density at radius 2 is 2.20 bits per heavy atom. The van der Waals surface area contributed by atoms with Gasteiger partial charge in [-0.3, -0.25) is 5.41 Å². The summed E-state index contributed by atoms with van der Waals surface area (Å²) in [4.78, 5) is 0. The molecule has 108 valence electrons. The minimum atomic E-state index is 0.0485. The van der Waals surface area contributed by atoms with Crippen LogP contribution in [0.25, 0.3) is 0 Å². The van der Waals surface area contributed by atoms with Gasteiger partial charge in [-0.25, -0.2) is 0 Å². The van der Waals surface area contributed by atoms with Crippen LogP contribution in [0, 0.1) is 5.41 Å². The van der Waals surface area contributed by atoms with E-state index in [9.17, 15) is 0 Å². The summed E-state index contributed by atoms with van der Waals surface area (Å²) in [5.74, 6) is 3.23. The molecule has 0 radical (unpaired) electrons. The van der Waals surface area contributed by atoms with Crippen LogP contribution in [-0.2, 0) is 4.74 Å². The second-order valence-corrected chi connectivity index (χ2v) is 6.61. The lowest BCUT2D eigenvalue weighted by Gasteiger charge is -2.37. The summed E-state index contributed by atoms with van der Waals surface area (Å²) in [7, 11) is 0.